The summed E-state index contributed by atoms with van der Waals surface area (Å²) < 4.78 is 0. The van der Waals surface area contributed by atoms with E-state index in [1.54, 1.807) is 0 Å². The van der Waals surface area contributed by atoms with Crippen molar-refractivity contribution < 1.29 is 0 Å². The summed E-state index contributed by atoms with van der Waals surface area (Å²) in [6.07, 6.45) is 12.2. The minimum Gasteiger partial charge on any atom is -0.313 e. The van der Waals surface area contributed by atoms with Crippen molar-refractivity contribution in [1.82, 2.24) is 10.2 Å². The van der Waals surface area contributed by atoms with Crippen LogP contribution in [-0.4, -0.2) is 37.1 Å². The molecule has 2 fully saturated rings. The lowest BCUT2D eigenvalue weighted by atomic mass is 9.75. The standard InChI is InChI=1S/C18H34N2/c1-16(2)7-12-20-13-8-17(9-14-20)19-15-18(3)10-5-4-6-11-18/h7,17,19H,4-6,8-15H2,1-3H3. The molecule has 2 heteroatoms. The average molecular weight is 278 g/mol. The summed E-state index contributed by atoms with van der Waals surface area (Å²) in [6.45, 7) is 11.8. The second kappa shape index (κ2) is 7.61. The Labute approximate surface area is 126 Å². The van der Waals surface area contributed by atoms with Crippen LogP contribution in [-0.2, 0) is 0 Å². The SMILES string of the molecule is CC(C)=CCN1CCC(NCC2(C)CCCCC2)CC1. The first kappa shape index (κ1) is 16.0. The molecule has 0 aromatic heterocycles. The Morgan fingerprint density at radius 1 is 1.15 bits per heavy atom. The molecule has 2 rings (SSSR count). The molecule has 1 N–H and O–H groups in total. The van der Waals surface area contributed by atoms with Gasteiger partial charge in [0, 0.05) is 19.1 Å². The zero-order valence-corrected chi connectivity index (χ0v) is 13.9. The van der Waals surface area contributed by atoms with Crippen molar-refractivity contribution in [3.05, 3.63) is 11.6 Å². The fourth-order valence-electron chi connectivity index (χ4n) is 3.60. The number of allylic oxidation sites excluding steroid dienone is 1. The molecule has 116 valence electrons. The van der Waals surface area contributed by atoms with Gasteiger partial charge in [0.25, 0.3) is 0 Å². The van der Waals surface area contributed by atoms with E-state index in [9.17, 15) is 0 Å². The Balaban J connectivity index is 1.65. The second-order valence-corrected chi connectivity index (χ2v) is 7.61. The zero-order valence-electron chi connectivity index (χ0n) is 13.9. The van der Waals surface area contributed by atoms with Crippen LogP contribution in [0.5, 0.6) is 0 Å². The van der Waals surface area contributed by atoms with Crippen molar-refractivity contribution in [2.75, 3.05) is 26.2 Å². The highest BCUT2D eigenvalue weighted by Crippen LogP contribution is 2.35. The Hall–Kier alpha value is -0.340. The van der Waals surface area contributed by atoms with Gasteiger partial charge in [-0.25, -0.2) is 0 Å². The van der Waals surface area contributed by atoms with Crippen molar-refractivity contribution in [2.24, 2.45) is 5.41 Å². The molecule has 0 spiro atoms. The van der Waals surface area contributed by atoms with Crippen LogP contribution in [0, 0.1) is 5.41 Å². The Morgan fingerprint density at radius 3 is 2.40 bits per heavy atom. The van der Waals surface area contributed by atoms with Crippen LogP contribution in [0.25, 0.3) is 0 Å². The molecule has 2 aliphatic rings. The molecule has 1 aliphatic carbocycles. The number of piperidine rings is 1. The normalized spacial score (nSPS) is 24.6. The van der Waals surface area contributed by atoms with Gasteiger partial charge in [-0.05, 0) is 58.0 Å². The van der Waals surface area contributed by atoms with E-state index in [2.05, 4.69) is 37.1 Å². The molecule has 0 aromatic rings. The lowest BCUT2D eigenvalue weighted by molar-refractivity contribution is 0.171. The molecule has 0 radical (unpaired) electrons. The fraction of sp³-hybridized carbons (Fsp3) is 0.889. The third-order valence-corrected chi connectivity index (χ3v) is 5.22. The van der Waals surface area contributed by atoms with Crippen LogP contribution < -0.4 is 5.32 Å². The van der Waals surface area contributed by atoms with Crippen molar-refractivity contribution >= 4 is 0 Å². The van der Waals surface area contributed by atoms with Crippen molar-refractivity contribution in [2.45, 2.75) is 71.8 Å². The molecule has 1 aliphatic heterocycles. The highest BCUT2D eigenvalue weighted by atomic mass is 15.1. The molecule has 0 bridgehead atoms. The summed E-state index contributed by atoms with van der Waals surface area (Å²) in [6, 6.07) is 0.761. The molecular weight excluding hydrogens is 244 g/mol. The van der Waals surface area contributed by atoms with Crippen LogP contribution in [0.4, 0.5) is 0 Å². The van der Waals surface area contributed by atoms with Gasteiger partial charge in [0.15, 0.2) is 0 Å². The van der Waals surface area contributed by atoms with E-state index in [0.717, 1.165) is 12.6 Å². The predicted octanol–water partition coefficient (Wildman–Crippen LogP) is 3.98. The van der Waals surface area contributed by atoms with E-state index in [1.807, 2.05) is 0 Å². The van der Waals surface area contributed by atoms with Gasteiger partial charge in [0.1, 0.15) is 0 Å². The number of nitrogens with zero attached hydrogens (tertiary/aromatic N) is 1. The van der Waals surface area contributed by atoms with Crippen molar-refractivity contribution in [3.8, 4) is 0 Å². The first-order valence-electron chi connectivity index (χ1n) is 8.66. The number of rotatable bonds is 5. The lowest BCUT2D eigenvalue weighted by Crippen LogP contribution is -2.46. The van der Waals surface area contributed by atoms with Crippen molar-refractivity contribution in [1.29, 1.82) is 0 Å². The maximum atomic E-state index is 3.88. The van der Waals surface area contributed by atoms with Crippen LogP contribution in [0.15, 0.2) is 11.6 Å². The molecule has 20 heavy (non-hydrogen) atoms. The van der Waals surface area contributed by atoms with Gasteiger partial charge < -0.3 is 5.32 Å². The second-order valence-electron chi connectivity index (χ2n) is 7.61. The molecule has 0 atom stereocenters. The summed E-state index contributed by atoms with van der Waals surface area (Å²) in [5.74, 6) is 0. The van der Waals surface area contributed by atoms with Crippen molar-refractivity contribution in [3.63, 3.8) is 0 Å². The summed E-state index contributed by atoms with van der Waals surface area (Å²) in [5.41, 5.74) is 2.02. The maximum Gasteiger partial charge on any atom is 0.0165 e. The van der Waals surface area contributed by atoms with Gasteiger partial charge in [-0.3, -0.25) is 4.90 Å². The minimum atomic E-state index is 0.581. The molecule has 0 amide bonds. The van der Waals surface area contributed by atoms with Gasteiger partial charge in [0.2, 0.25) is 0 Å². The maximum absolute atomic E-state index is 3.88. The smallest absolute Gasteiger partial charge is 0.0165 e. The van der Waals surface area contributed by atoms with E-state index in [-0.39, 0.29) is 0 Å². The van der Waals surface area contributed by atoms with Gasteiger partial charge in [-0.2, -0.15) is 0 Å². The van der Waals surface area contributed by atoms with E-state index in [1.165, 1.54) is 70.2 Å². The topological polar surface area (TPSA) is 15.3 Å². The lowest BCUT2D eigenvalue weighted by Gasteiger charge is -2.37. The Kier molecular flexibility index (Phi) is 6.10. The first-order chi connectivity index (χ1) is 9.57. The number of likely N-dealkylation sites (tertiary alicyclic amines) is 1. The van der Waals surface area contributed by atoms with Crippen LogP contribution in [0.3, 0.4) is 0 Å². The van der Waals surface area contributed by atoms with Gasteiger partial charge in [0.05, 0.1) is 0 Å². The highest BCUT2D eigenvalue weighted by Gasteiger charge is 2.28. The van der Waals surface area contributed by atoms with E-state index < -0.39 is 0 Å². The molecule has 0 unspecified atom stereocenters. The van der Waals surface area contributed by atoms with E-state index in [4.69, 9.17) is 0 Å². The third kappa shape index (κ3) is 5.21. The summed E-state index contributed by atoms with van der Waals surface area (Å²) in [7, 11) is 0. The minimum absolute atomic E-state index is 0.581. The van der Waals surface area contributed by atoms with Gasteiger partial charge in [-0.1, -0.05) is 37.8 Å². The fourth-order valence-corrected chi connectivity index (χ4v) is 3.60. The van der Waals surface area contributed by atoms with Crippen LogP contribution in [0.1, 0.15) is 65.7 Å². The van der Waals surface area contributed by atoms with Crippen LogP contribution >= 0.6 is 0 Å². The van der Waals surface area contributed by atoms with Gasteiger partial charge in [-0.15, -0.1) is 0 Å². The first-order valence-corrected chi connectivity index (χ1v) is 8.66. The molecule has 1 saturated heterocycles. The summed E-state index contributed by atoms with van der Waals surface area (Å²) in [4.78, 5) is 2.59. The summed E-state index contributed by atoms with van der Waals surface area (Å²) in [5, 5.41) is 3.88. The van der Waals surface area contributed by atoms with E-state index >= 15 is 0 Å². The molecule has 1 heterocycles. The molecule has 2 nitrogen and oxygen atoms in total. The van der Waals surface area contributed by atoms with Gasteiger partial charge >= 0.3 is 0 Å². The number of hydrogen-bond acceptors (Lipinski definition) is 2. The number of nitrogens with one attached hydrogen (secondary N) is 1. The number of hydrogen-bond donors (Lipinski definition) is 1. The molecule has 1 saturated carbocycles. The highest BCUT2D eigenvalue weighted by molar-refractivity contribution is 4.95. The Bertz CT molecular complexity index is 303. The zero-order chi connectivity index (χ0) is 14.4. The third-order valence-electron chi connectivity index (χ3n) is 5.22. The largest absolute Gasteiger partial charge is 0.313 e. The average Bonchev–Trinajstić information content (AvgIpc) is 2.45. The van der Waals surface area contributed by atoms with Crippen LogP contribution in [0.2, 0.25) is 0 Å². The van der Waals surface area contributed by atoms with E-state index in [0.29, 0.717) is 5.41 Å². The predicted molar refractivity (Wildman–Crippen MR) is 88.1 cm³/mol. The molecular formula is C18H34N2. The quantitative estimate of drug-likeness (QED) is 0.765. The summed E-state index contributed by atoms with van der Waals surface area (Å²) >= 11 is 0. The molecule has 0 aromatic carbocycles. The Morgan fingerprint density at radius 2 is 1.80 bits per heavy atom. The monoisotopic (exact) mass is 278 g/mol.